The standard InChI is InChI=1S/C8H8N4O2/c9-6-1-2-7(10)8-5(6)3-4-11(13)12(8)14/h1-4,9-10,13-14H. The van der Waals surface area contributed by atoms with Crippen LogP contribution in [0.4, 0.5) is 0 Å². The van der Waals surface area contributed by atoms with E-state index in [9.17, 15) is 5.21 Å². The summed E-state index contributed by atoms with van der Waals surface area (Å²) in [6, 6.07) is 4.31. The molecule has 0 aromatic heterocycles. The molecule has 6 heteroatoms. The van der Waals surface area contributed by atoms with Crippen LogP contribution < -0.4 is 10.7 Å². The van der Waals surface area contributed by atoms with Gasteiger partial charge in [-0.25, -0.2) is 0 Å². The molecule has 6 nitrogen and oxygen atoms in total. The maximum absolute atomic E-state index is 9.39. The van der Waals surface area contributed by atoms with Crippen LogP contribution in [0.3, 0.4) is 0 Å². The predicted molar refractivity (Wildman–Crippen MR) is 43.8 cm³/mol. The highest BCUT2D eigenvalue weighted by Crippen LogP contribution is 1.88. The summed E-state index contributed by atoms with van der Waals surface area (Å²) in [6.07, 6.45) is 1.19. The lowest BCUT2D eigenvalue weighted by Crippen LogP contribution is -2.23. The van der Waals surface area contributed by atoms with Crippen LogP contribution in [0.5, 0.6) is 0 Å². The zero-order valence-electron chi connectivity index (χ0n) is 7.10. The molecule has 1 aliphatic carbocycles. The third kappa shape index (κ3) is 0.972. The van der Waals surface area contributed by atoms with Crippen molar-refractivity contribution >= 4 is 0 Å². The largest absolute Gasteiger partial charge is 0.411 e. The Bertz CT molecular complexity index is 655. The van der Waals surface area contributed by atoms with E-state index in [-0.39, 0.29) is 16.1 Å². The number of rotatable bonds is 0. The highest BCUT2D eigenvalue weighted by molar-refractivity contribution is 5.06. The van der Waals surface area contributed by atoms with Gasteiger partial charge in [0.2, 0.25) is 0 Å². The monoisotopic (exact) mass is 192 g/mol. The first kappa shape index (κ1) is 8.36. The highest BCUT2D eigenvalue weighted by atomic mass is 16.6. The quantitative estimate of drug-likeness (QED) is 0.421. The number of nitrogens with one attached hydrogen (secondary N) is 2. The molecule has 0 bridgehead atoms. The van der Waals surface area contributed by atoms with E-state index in [1.165, 1.54) is 24.4 Å². The molecule has 0 saturated heterocycles. The van der Waals surface area contributed by atoms with Crippen molar-refractivity contribution in [2.75, 3.05) is 0 Å². The van der Waals surface area contributed by atoms with Gasteiger partial charge in [-0.2, -0.15) is 0 Å². The molecule has 0 unspecified atom stereocenters. The Kier molecular flexibility index (Phi) is 1.57. The molecule has 0 radical (unpaired) electrons. The van der Waals surface area contributed by atoms with Crippen molar-refractivity contribution in [3.05, 3.63) is 45.7 Å². The Hall–Kier alpha value is -2.24. The van der Waals surface area contributed by atoms with Gasteiger partial charge in [-0.15, -0.1) is 0 Å². The molecule has 1 heterocycles. The van der Waals surface area contributed by atoms with Gasteiger partial charge in [-0.3, -0.25) is 5.41 Å². The first-order chi connectivity index (χ1) is 6.61. The molecule has 0 aromatic rings. The molecule has 4 N–H and O–H groups in total. The van der Waals surface area contributed by atoms with Gasteiger partial charge in [0.25, 0.3) is 0 Å². The lowest BCUT2D eigenvalue weighted by Gasteiger charge is -2.05. The van der Waals surface area contributed by atoms with Crippen molar-refractivity contribution in [1.82, 2.24) is 9.69 Å². The summed E-state index contributed by atoms with van der Waals surface area (Å²) in [5, 5.41) is 34.3. The summed E-state index contributed by atoms with van der Waals surface area (Å²) in [4.78, 5) is 0.871. The van der Waals surface area contributed by atoms with E-state index in [4.69, 9.17) is 16.0 Å². The Labute approximate surface area is 77.5 Å². The average molecular weight is 192 g/mol. The number of hydrogen-bond acceptors (Lipinski definition) is 4. The lowest BCUT2D eigenvalue weighted by molar-refractivity contribution is -0.0221. The summed E-state index contributed by atoms with van der Waals surface area (Å²) in [5.74, 6) is 0. The van der Waals surface area contributed by atoms with Crippen molar-refractivity contribution in [1.29, 1.82) is 10.8 Å². The van der Waals surface area contributed by atoms with Gasteiger partial charge < -0.3 is 15.8 Å². The first-order valence-corrected chi connectivity index (χ1v) is 3.86. The summed E-state index contributed by atoms with van der Waals surface area (Å²) < 4.78 is 0. The zero-order valence-corrected chi connectivity index (χ0v) is 7.10. The molecule has 72 valence electrons. The minimum atomic E-state index is 0.0434. The van der Waals surface area contributed by atoms with Crippen LogP contribution in [0, 0.1) is 21.4 Å². The molecule has 0 atom stereocenters. The second-order valence-electron chi connectivity index (χ2n) is 2.85. The maximum Gasteiger partial charge on any atom is 0.136 e. The summed E-state index contributed by atoms with van der Waals surface area (Å²) >= 11 is 0. The van der Waals surface area contributed by atoms with Crippen LogP contribution in [0.25, 0.3) is 0 Å². The van der Waals surface area contributed by atoms with Crippen molar-refractivity contribution in [2.45, 2.75) is 0 Å². The van der Waals surface area contributed by atoms with Crippen molar-refractivity contribution in [3.8, 4) is 0 Å². The molecule has 0 fully saturated rings. The fourth-order valence-electron chi connectivity index (χ4n) is 1.30. The van der Waals surface area contributed by atoms with Gasteiger partial charge in [-0.05, 0) is 18.2 Å². The molecular weight excluding hydrogens is 184 g/mol. The normalized spacial score (nSPS) is 10.6. The SMILES string of the molecule is N=c1ccc(=N)c2n(O)n(O)ccc1=2. The highest BCUT2D eigenvalue weighted by Gasteiger charge is 1.99. The van der Waals surface area contributed by atoms with E-state index in [1.807, 2.05) is 0 Å². The lowest BCUT2D eigenvalue weighted by atomic mass is 10.2. The zero-order chi connectivity index (χ0) is 10.3. The summed E-state index contributed by atoms with van der Waals surface area (Å²) in [6.45, 7) is 0. The van der Waals surface area contributed by atoms with Crippen molar-refractivity contribution < 1.29 is 10.4 Å². The van der Waals surface area contributed by atoms with Gasteiger partial charge in [-0.1, -0.05) is 9.69 Å². The van der Waals surface area contributed by atoms with Gasteiger partial charge in [0.15, 0.2) is 0 Å². The smallest absolute Gasteiger partial charge is 0.136 e. The Balaban J connectivity index is 3.30. The van der Waals surface area contributed by atoms with Crippen LogP contribution in [0.1, 0.15) is 0 Å². The van der Waals surface area contributed by atoms with Crippen LogP contribution in [-0.4, -0.2) is 20.1 Å². The summed E-state index contributed by atoms with van der Waals surface area (Å²) in [5.41, 5.74) is 0. The second-order valence-corrected chi connectivity index (χ2v) is 2.85. The van der Waals surface area contributed by atoms with Crippen LogP contribution in [0.2, 0.25) is 0 Å². The van der Waals surface area contributed by atoms with Crippen molar-refractivity contribution in [3.63, 3.8) is 0 Å². The van der Waals surface area contributed by atoms with Gasteiger partial charge >= 0.3 is 0 Å². The molecule has 0 saturated carbocycles. The first-order valence-electron chi connectivity index (χ1n) is 3.86. The van der Waals surface area contributed by atoms with Gasteiger partial charge in [0, 0.05) is 5.22 Å². The third-order valence-corrected chi connectivity index (χ3v) is 1.99. The Morgan fingerprint density at radius 3 is 2.36 bits per heavy atom. The fourth-order valence-corrected chi connectivity index (χ4v) is 1.30. The molecule has 2 rings (SSSR count). The molecule has 0 aromatic carbocycles. The van der Waals surface area contributed by atoms with Gasteiger partial charge in [0.05, 0.1) is 16.9 Å². The maximum atomic E-state index is 9.39. The van der Waals surface area contributed by atoms with Gasteiger partial charge in [0.1, 0.15) is 5.35 Å². The molecule has 2 aliphatic rings. The fraction of sp³-hybridized carbons (Fsp3) is 0. The van der Waals surface area contributed by atoms with Crippen LogP contribution >= 0.6 is 0 Å². The van der Waals surface area contributed by atoms with E-state index in [2.05, 4.69) is 0 Å². The number of aromatic nitrogens is 2. The van der Waals surface area contributed by atoms with E-state index < -0.39 is 0 Å². The van der Waals surface area contributed by atoms with Crippen molar-refractivity contribution in [2.24, 2.45) is 0 Å². The second kappa shape index (κ2) is 2.63. The minimum Gasteiger partial charge on any atom is -0.411 e. The average Bonchev–Trinajstić information content (AvgIpc) is 2.16. The minimum absolute atomic E-state index is 0.0434. The predicted octanol–water partition coefficient (Wildman–Crippen LogP) is -0.552. The third-order valence-electron chi connectivity index (χ3n) is 1.99. The van der Waals surface area contributed by atoms with Crippen LogP contribution in [-0.2, 0) is 0 Å². The Morgan fingerprint density at radius 1 is 1.00 bits per heavy atom. The van der Waals surface area contributed by atoms with E-state index in [1.54, 1.807) is 0 Å². The van der Waals surface area contributed by atoms with E-state index in [0.29, 0.717) is 14.9 Å². The van der Waals surface area contributed by atoms with E-state index in [0.717, 1.165) is 0 Å². The van der Waals surface area contributed by atoms with E-state index >= 15 is 0 Å². The topological polar surface area (TPSA) is 98.0 Å². The molecule has 14 heavy (non-hydrogen) atoms. The molecule has 0 amide bonds. The number of hydrogen-bond donors (Lipinski definition) is 4. The molecular formula is C8H8N4O2. The van der Waals surface area contributed by atoms with Crippen LogP contribution in [0.15, 0.2) is 24.4 Å². The summed E-state index contributed by atoms with van der Waals surface area (Å²) in [7, 11) is 0. The Morgan fingerprint density at radius 2 is 1.64 bits per heavy atom. The number of nitrogens with zero attached hydrogens (tertiary/aromatic N) is 2. The molecule has 1 aliphatic heterocycles. The molecule has 0 spiro atoms.